The maximum absolute atomic E-state index is 13.2. The van der Waals surface area contributed by atoms with Crippen LogP contribution in [0.25, 0.3) is 0 Å². The van der Waals surface area contributed by atoms with Gasteiger partial charge < -0.3 is 0 Å². The normalized spacial score (nSPS) is 24.8. The van der Waals surface area contributed by atoms with E-state index in [0.717, 1.165) is 10.6 Å². The molecule has 3 unspecified atom stereocenters. The number of amides is 2. The number of halogens is 1. The van der Waals surface area contributed by atoms with Crippen LogP contribution in [-0.2, 0) is 14.4 Å². The zero-order valence-corrected chi connectivity index (χ0v) is 15.2. The van der Waals surface area contributed by atoms with Crippen LogP contribution in [-0.4, -0.2) is 24.0 Å². The summed E-state index contributed by atoms with van der Waals surface area (Å²) in [5, 5.41) is 1.72. The molecular formula is C21H21FN2O3. The third kappa shape index (κ3) is 3.00. The number of imide groups is 1. The molecule has 140 valence electrons. The standard InChI is InChI=1S/C21H21FN2O3/c1-13(2)12-17-18-19(27-24(17)16-6-4-3-5-7-16)21(26)23(20(18)25)15-10-8-14(22)9-11-15/h3-11,13,17-19H,12H2,1-2H3. The van der Waals surface area contributed by atoms with Crippen molar-refractivity contribution in [2.75, 3.05) is 9.96 Å². The van der Waals surface area contributed by atoms with Gasteiger partial charge in [-0.1, -0.05) is 32.0 Å². The Morgan fingerprint density at radius 1 is 0.963 bits per heavy atom. The Balaban J connectivity index is 1.69. The smallest absolute Gasteiger partial charge is 0.266 e. The van der Waals surface area contributed by atoms with Crippen molar-refractivity contribution < 1.29 is 18.8 Å². The van der Waals surface area contributed by atoms with Crippen LogP contribution in [0.4, 0.5) is 15.8 Å². The van der Waals surface area contributed by atoms with E-state index in [1.54, 1.807) is 5.06 Å². The number of nitrogens with zero attached hydrogens (tertiary/aromatic N) is 2. The second kappa shape index (κ2) is 6.78. The molecule has 2 aliphatic heterocycles. The predicted octanol–water partition coefficient (Wildman–Crippen LogP) is 3.55. The van der Waals surface area contributed by atoms with Gasteiger partial charge in [-0.25, -0.2) is 14.4 Å². The molecule has 0 saturated carbocycles. The summed E-state index contributed by atoms with van der Waals surface area (Å²) in [6.07, 6.45) is -0.140. The number of fused-ring (bicyclic) bond motifs is 1. The highest BCUT2D eigenvalue weighted by molar-refractivity contribution is 6.23. The fourth-order valence-corrected chi connectivity index (χ4v) is 3.89. The number of rotatable bonds is 4. The van der Waals surface area contributed by atoms with E-state index in [1.165, 1.54) is 24.3 Å². The predicted molar refractivity (Wildman–Crippen MR) is 99.4 cm³/mol. The number of anilines is 2. The van der Waals surface area contributed by atoms with Gasteiger partial charge in [-0.05, 0) is 48.7 Å². The molecule has 2 aromatic carbocycles. The van der Waals surface area contributed by atoms with Crippen LogP contribution in [0.3, 0.4) is 0 Å². The minimum absolute atomic E-state index is 0.237. The van der Waals surface area contributed by atoms with E-state index in [9.17, 15) is 14.0 Å². The number of hydrogen-bond acceptors (Lipinski definition) is 4. The topological polar surface area (TPSA) is 49.9 Å². The third-order valence-corrected chi connectivity index (χ3v) is 5.05. The van der Waals surface area contributed by atoms with Gasteiger partial charge in [0.25, 0.3) is 5.91 Å². The third-order valence-electron chi connectivity index (χ3n) is 5.05. The molecule has 2 amide bonds. The number of carbonyl (C=O) groups excluding carboxylic acids is 2. The van der Waals surface area contributed by atoms with Crippen LogP contribution in [0.1, 0.15) is 20.3 Å². The zero-order valence-electron chi connectivity index (χ0n) is 15.2. The molecule has 2 saturated heterocycles. The van der Waals surface area contributed by atoms with Gasteiger partial charge in [0.2, 0.25) is 5.91 Å². The Labute approximate surface area is 157 Å². The van der Waals surface area contributed by atoms with Gasteiger partial charge in [-0.15, -0.1) is 0 Å². The van der Waals surface area contributed by atoms with E-state index in [1.807, 2.05) is 30.3 Å². The first-order valence-corrected chi connectivity index (χ1v) is 9.12. The van der Waals surface area contributed by atoms with Crippen LogP contribution in [0.5, 0.6) is 0 Å². The second-order valence-corrected chi connectivity index (χ2v) is 7.40. The highest BCUT2D eigenvalue weighted by atomic mass is 19.1. The molecule has 27 heavy (non-hydrogen) atoms. The van der Waals surface area contributed by atoms with Crippen molar-refractivity contribution in [2.24, 2.45) is 11.8 Å². The lowest BCUT2D eigenvalue weighted by atomic mass is 9.90. The fourth-order valence-electron chi connectivity index (χ4n) is 3.89. The van der Waals surface area contributed by atoms with Crippen LogP contribution in [0, 0.1) is 17.7 Å². The number of carbonyl (C=O) groups is 2. The molecule has 3 atom stereocenters. The quantitative estimate of drug-likeness (QED) is 0.775. The van der Waals surface area contributed by atoms with Crippen LogP contribution in [0.2, 0.25) is 0 Å². The summed E-state index contributed by atoms with van der Waals surface area (Å²) in [6.45, 7) is 4.16. The van der Waals surface area contributed by atoms with Gasteiger partial charge in [0, 0.05) is 0 Å². The van der Waals surface area contributed by atoms with E-state index in [4.69, 9.17) is 4.84 Å². The zero-order chi connectivity index (χ0) is 19.1. The van der Waals surface area contributed by atoms with Crippen molar-refractivity contribution in [3.8, 4) is 0 Å². The molecule has 2 aromatic rings. The van der Waals surface area contributed by atoms with E-state index in [0.29, 0.717) is 18.0 Å². The highest BCUT2D eigenvalue weighted by Crippen LogP contribution is 2.42. The summed E-state index contributed by atoms with van der Waals surface area (Å²) in [7, 11) is 0. The van der Waals surface area contributed by atoms with Crippen molar-refractivity contribution in [1.82, 2.24) is 0 Å². The number of hydroxylamine groups is 1. The Bertz CT molecular complexity index is 853. The first kappa shape index (κ1) is 17.7. The van der Waals surface area contributed by atoms with Crippen LogP contribution in [0.15, 0.2) is 54.6 Å². The van der Waals surface area contributed by atoms with Crippen molar-refractivity contribution >= 4 is 23.2 Å². The lowest BCUT2D eigenvalue weighted by molar-refractivity contribution is -0.126. The van der Waals surface area contributed by atoms with Gasteiger partial charge in [0.05, 0.1) is 23.3 Å². The molecular weight excluding hydrogens is 347 g/mol. The Kier molecular flexibility index (Phi) is 4.44. The molecule has 0 radical (unpaired) electrons. The molecule has 0 aliphatic carbocycles. The second-order valence-electron chi connectivity index (χ2n) is 7.40. The van der Waals surface area contributed by atoms with Gasteiger partial charge in [-0.3, -0.25) is 14.4 Å². The lowest BCUT2D eigenvalue weighted by Crippen LogP contribution is -2.41. The van der Waals surface area contributed by atoms with E-state index in [-0.39, 0.29) is 11.9 Å². The molecule has 0 bridgehead atoms. The molecule has 0 N–H and O–H groups in total. The summed E-state index contributed by atoms with van der Waals surface area (Å²) in [5.74, 6) is -1.36. The summed E-state index contributed by atoms with van der Waals surface area (Å²) >= 11 is 0. The van der Waals surface area contributed by atoms with Crippen molar-refractivity contribution in [3.05, 3.63) is 60.4 Å². The van der Waals surface area contributed by atoms with Gasteiger partial charge in [0.1, 0.15) is 5.82 Å². The summed E-state index contributed by atoms with van der Waals surface area (Å²) in [6, 6.07) is 14.6. The molecule has 2 aliphatic rings. The van der Waals surface area contributed by atoms with E-state index >= 15 is 0 Å². The minimum atomic E-state index is -0.855. The van der Waals surface area contributed by atoms with Crippen molar-refractivity contribution in [1.29, 1.82) is 0 Å². The molecule has 5 nitrogen and oxygen atoms in total. The summed E-state index contributed by atoms with van der Waals surface area (Å²) in [4.78, 5) is 33.2. The number of benzene rings is 2. The largest absolute Gasteiger partial charge is 0.273 e. The summed E-state index contributed by atoms with van der Waals surface area (Å²) in [5.41, 5.74) is 1.20. The maximum atomic E-state index is 13.2. The minimum Gasteiger partial charge on any atom is -0.273 e. The molecule has 0 spiro atoms. The number of hydrogen-bond donors (Lipinski definition) is 0. The van der Waals surface area contributed by atoms with E-state index in [2.05, 4.69) is 13.8 Å². The summed E-state index contributed by atoms with van der Waals surface area (Å²) < 4.78 is 13.2. The fraction of sp³-hybridized carbons (Fsp3) is 0.333. The monoisotopic (exact) mass is 368 g/mol. The van der Waals surface area contributed by atoms with Gasteiger partial charge >= 0.3 is 0 Å². The van der Waals surface area contributed by atoms with Crippen LogP contribution < -0.4 is 9.96 Å². The average molecular weight is 368 g/mol. The first-order valence-electron chi connectivity index (χ1n) is 9.12. The Morgan fingerprint density at radius 3 is 2.26 bits per heavy atom. The van der Waals surface area contributed by atoms with Crippen LogP contribution >= 0.6 is 0 Å². The Hall–Kier alpha value is -2.73. The molecule has 4 rings (SSSR count). The molecule has 0 aromatic heterocycles. The number of para-hydroxylation sites is 1. The maximum Gasteiger partial charge on any atom is 0.266 e. The SMILES string of the molecule is CC(C)CC1C2C(=O)N(c3ccc(F)cc3)C(=O)C2ON1c1ccccc1. The van der Waals surface area contributed by atoms with Crippen molar-refractivity contribution in [3.63, 3.8) is 0 Å². The first-order chi connectivity index (χ1) is 13.0. The lowest BCUT2D eigenvalue weighted by Gasteiger charge is -2.29. The average Bonchev–Trinajstić information content (AvgIpc) is 3.13. The Morgan fingerprint density at radius 2 is 1.63 bits per heavy atom. The van der Waals surface area contributed by atoms with Gasteiger partial charge in [0.15, 0.2) is 6.10 Å². The molecule has 6 heteroatoms. The van der Waals surface area contributed by atoms with E-state index < -0.39 is 23.7 Å². The van der Waals surface area contributed by atoms with Gasteiger partial charge in [-0.2, -0.15) is 0 Å². The highest BCUT2D eigenvalue weighted by Gasteiger charge is 2.59. The molecule has 2 heterocycles. The molecule has 2 fully saturated rings. The van der Waals surface area contributed by atoms with Crippen molar-refractivity contribution in [2.45, 2.75) is 32.4 Å².